The Labute approximate surface area is 226 Å². The molecular weight excluding hydrogens is 488 g/mol. The molecular formula is C29H44N2O5S. The van der Waals surface area contributed by atoms with E-state index < -0.39 is 0 Å². The first kappa shape index (κ1) is 30.6. The molecule has 0 fully saturated rings. The van der Waals surface area contributed by atoms with Gasteiger partial charge in [0.25, 0.3) is 0 Å². The van der Waals surface area contributed by atoms with Gasteiger partial charge in [0, 0.05) is 31.0 Å². The van der Waals surface area contributed by atoms with Crippen molar-refractivity contribution in [2.45, 2.75) is 59.4 Å². The molecule has 206 valence electrons. The van der Waals surface area contributed by atoms with Gasteiger partial charge in [-0.25, -0.2) is 0 Å². The summed E-state index contributed by atoms with van der Waals surface area (Å²) in [4.78, 5) is 31.8. The Balaban J connectivity index is 2.22. The van der Waals surface area contributed by atoms with E-state index in [2.05, 4.69) is 25.3 Å². The van der Waals surface area contributed by atoms with Crippen molar-refractivity contribution in [2.24, 2.45) is 5.92 Å². The van der Waals surface area contributed by atoms with Crippen LogP contribution in [0.4, 0.5) is 0 Å². The summed E-state index contributed by atoms with van der Waals surface area (Å²) >= 11 is 1.65. The number of unbranched alkanes of at least 4 members (excludes halogenated alkanes) is 1. The quantitative estimate of drug-likeness (QED) is 0.275. The first-order valence-corrected chi connectivity index (χ1v) is 14.1. The zero-order valence-corrected chi connectivity index (χ0v) is 24.2. The molecule has 0 aliphatic rings. The van der Waals surface area contributed by atoms with Crippen molar-refractivity contribution in [1.29, 1.82) is 0 Å². The van der Waals surface area contributed by atoms with E-state index >= 15 is 0 Å². The van der Waals surface area contributed by atoms with E-state index in [-0.39, 0.29) is 24.3 Å². The molecule has 1 atom stereocenters. The number of thiophene rings is 1. The molecule has 8 heteroatoms. The van der Waals surface area contributed by atoms with Crippen molar-refractivity contribution >= 4 is 23.2 Å². The van der Waals surface area contributed by atoms with Crippen LogP contribution in [0.15, 0.2) is 29.6 Å². The molecule has 2 aromatic rings. The van der Waals surface area contributed by atoms with Gasteiger partial charge in [-0.05, 0) is 60.9 Å². The van der Waals surface area contributed by atoms with Gasteiger partial charge in [-0.15, -0.1) is 11.3 Å². The lowest BCUT2D eigenvalue weighted by Crippen LogP contribution is -2.46. The number of carbonyl (C=O) groups is 2. The molecule has 0 saturated carbocycles. The highest BCUT2D eigenvalue weighted by Gasteiger charge is 2.26. The Bertz CT molecular complexity index is 977. The smallest absolute Gasteiger partial charge is 0.242 e. The molecule has 1 aromatic carbocycles. The van der Waals surface area contributed by atoms with Gasteiger partial charge in [0.2, 0.25) is 11.8 Å². The number of hydrogen-bond acceptors (Lipinski definition) is 6. The van der Waals surface area contributed by atoms with Gasteiger partial charge < -0.3 is 24.0 Å². The molecule has 0 unspecified atom stereocenters. The fourth-order valence-electron chi connectivity index (χ4n) is 4.27. The maximum absolute atomic E-state index is 13.7. The first-order valence-electron chi connectivity index (χ1n) is 13.2. The topological polar surface area (TPSA) is 68.3 Å². The number of methoxy groups -OCH3 is 3. The van der Waals surface area contributed by atoms with Crippen LogP contribution in [-0.4, -0.2) is 69.2 Å². The predicted molar refractivity (Wildman–Crippen MR) is 149 cm³/mol. The molecule has 2 rings (SSSR count). The number of benzene rings is 1. The maximum atomic E-state index is 13.7. The van der Waals surface area contributed by atoms with E-state index in [4.69, 9.17) is 14.2 Å². The van der Waals surface area contributed by atoms with Crippen molar-refractivity contribution in [2.75, 3.05) is 47.6 Å². The SMILES string of the molecule is CCCC[C@@H](CC)C(=O)N(CCOC)CC(=O)N(CCc1ccc(OC)c(OC)c1)Cc1sccc1C. The zero-order chi connectivity index (χ0) is 27.2. The number of ether oxygens (including phenoxy) is 3. The second-order valence-corrected chi connectivity index (χ2v) is 10.3. The van der Waals surface area contributed by atoms with Crippen LogP contribution in [0.3, 0.4) is 0 Å². The Morgan fingerprint density at radius 1 is 1.00 bits per heavy atom. The van der Waals surface area contributed by atoms with Gasteiger partial charge in [-0.1, -0.05) is 32.8 Å². The molecule has 1 aromatic heterocycles. The molecule has 7 nitrogen and oxygen atoms in total. The molecule has 0 radical (unpaired) electrons. The lowest BCUT2D eigenvalue weighted by atomic mass is 9.97. The van der Waals surface area contributed by atoms with E-state index in [1.165, 1.54) is 5.56 Å². The first-order chi connectivity index (χ1) is 17.9. The second kappa shape index (κ2) is 16.3. The van der Waals surface area contributed by atoms with Crippen LogP contribution < -0.4 is 9.47 Å². The Morgan fingerprint density at radius 3 is 2.35 bits per heavy atom. The summed E-state index contributed by atoms with van der Waals surface area (Å²) in [5, 5.41) is 2.05. The molecule has 0 spiro atoms. The number of aryl methyl sites for hydroxylation is 1. The number of amides is 2. The van der Waals surface area contributed by atoms with E-state index in [9.17, 15) is 9.59 Å². The van der Waals surface area contributed by atoms with E-state index in [1.54, 1.807) is 37.6 Å². The second-order valence-electron chi connectivity index (χ2n) is 9.28. The number of rotatable bonds is 17. The van der Waals surface area contributed by atoms with Crippen LogP contribution >= 0.6 is 11.3 Å². The lowest BCUT2D eigenvalue weighted by Gasteiger charge is -2.30. The maximum Gasteiger partial charge on any atom is 0.242 e. The Morgan fingerprint density at radius 2 is 1.76 bits per heavy atom. The van der Waals surface area contributed by atoms with E-state index in [0.29, 0.717) is 44.2 Å². The fraction of sp³-hybridized carbons (Fsp3) is 0.586. The van der Waals surface area contributed by atoms with Crippen molar-refractivity contribution in [3.8, 4) is 11.5 Å². The third-order valence-corrected chi connectivity index (χ3v) is 7.73. The molecule has 0 saturated heterocycles. The van der Waals surface area contributed by atoms with Gasteiger partial charge in [0.1, 0.15) is 0 Å². The summed E-state index contributed by atoms with van der Waals surface area (Å²) in [6.45, 7) is 8.16. The van der Waals surface area contributed by atoms with Crippen LogP contribution in [0.25, 0.3) is 0 Å². The minimum atomic E-state index is -0.0654. The minimum Gasteiger partial charge on any atom is -0.493 e. The van der Waals surface area contributed by atoms with E-state index in [0.717, 1.165) is 36.1 Å². The zero-order valence-electron chi connectivity index (χ0n) is 23.4. The number of carbonyl (C=O) groups excluding carboxylic acids is 2. The van der Waals surface area contributed by atoms with Crippen LogP contribution in [0.5, 0.6) is 11.5 Å². The highest BCUT2D eigenvalue weighted by molar-refractivity contribution is 7.10. The largest absolute Gasteiger partial charge is 0.493 e. The fourth-order valence-corrected chi connectivity index (χ4v) is 5.20. The van der Waals surface area contributed by atoms with Crippen LogP contribution in [0.1, 0.15) is 55.5 Å². The monoisotopic (exact) mass is 532 g/mol. The highest BCUT2D eigenvalue weighted by atomic mass is 32.1. The molecule has 0 N–H and O–H groups in total. The molecule has 0 bridgehead atoms. The number of hydrogen-bond donors (Lipinski definition) is 0. The third kappa shape index (κ3) is 9.34. The highest BCUT2D eigenvalue weighted by Crippen LogP contribution is 2.28. The van der Waals surface area contributed by atoms with Gasteiger partial charge >= 0.3 is 0 Å². The molecule has 1 heterocycles. The van der Waals surface area contributed by atoms with Crippen molar-refractivity contribution in [3.05, 3.63) is 45.6 Å². The predicted octanol–water partition coefficient (Wildman–Crippen LogP) is 5.34. The normalized spacial score (nSPS) is 11.7. The van der Waals surface area contributed by atoms with Gasteiger partial charge in [-0.2, -0.15) is 0 Å². The molecule has 0 aliphatic heterocycles. The molecule has 2 amide bonds. The Hall–Kier alpha value is -2.58. The lowest BCUT2D eigenvalue weighted by molar-refractivity contribution is -0.144. The van der Waals surface area contributed by atoms with E-state index in [1.807, 2.05) is 30.0 Å². The van der Waals surface area contributed by atoms with Crippen LogP contribution in [0.2, 0.25) is 0 Å². The summed E-state index contributed by atoms with van der Waals surface area (Å²) in [6, 6.07) is 7.90. The summed E-state index contributed by atoms with van der Waals surface area (Å²) < 4.78 is 16.1. The van der Waals surface area contributed by atoms with Crippen LogP contribution in [0, 0.1) is 12.8 Å². The van der Waals surface area contributed by atoms with Gasteiger partial charge in [0.05, 0.1) is 33.9 Å². The summed E-state index contributed by atoms with van der Waals surface area (Å²) in [7, 11) is 4.85. The summed E-state index contributed by atoms with van der Waals surface area (Å²) in [5.41, 5.74) is 2.23. The van der Waals surface area contributed by atoms with Crippen molar-refractivity contribution < 1.29 is 23.8 Å². The Kier molecular flexibility index (Phi) is 13.5. The number of nitrogens with zero attached hydrogens (tertiary/aromatic N) is 2. The van der Waals surface area contributed by atoms with Gasteiger partial charge in [0.15, 0.2) is 11.5 Å². The molecule has 37 heavy (non-hydrogen) atoms. The molecule has 0 aliphatic carbocycles. The minimum absolute atomic E-state index is 0.0495. The summed E-state index contributed by atoms with van der Waals surface area (Å²) in [6.07, 6.45) is 4.34. The third-order valence-electron chi connectivity index (χ3n) is 6.72. The average molecular weight is 533 g/mol. The van der Waals surface area contributed by atoms with Crippen molar-refractivity contribution in [3.63, 3.8) is 0 Å². The van der Waals surface area contributed by atoms with Crippen LogP contribution in [-0.2, 0) is 27.3 Å². The van der Waals surface area contributed by atoms with Gasteiger partial charge in [-0.3, -0.25) is 9.59 Å². The average Bonchev–Trinajstić information content (AvgIpc) is 3.32. The summed E-state index contributed by atoms with van der Waals surface area (Å²) in [5.74, 6) is 1.27. The van der Waals surface area contributed by atoms with Crippen molar-refractivity contribution in [1.82, 2.24) is 9.80 Å². The standard InChI is InChI=1S/C29H44N2O5S/c1-7-9-10-24(8-2)29(33)31(16-17-34-4)21-28(32)30(20-27-22(3)14-18-37-27)15-13-23-11-12-25(35-5)26(19-23)36-6/h11-12,14,18-19,24H,7-10,13,15-17,20-21H2,1-6H3/t24-/m1/s1.